The number of anilines is 1. The lowest BCUT2D eigenvalue weighted by atomic mass is 10.2. The SMILES string of the molecule is CN1CCN(CC2CN(c3ccc4nnc(C(F)(F)F)n4n3)CCO2)CC1. The molecule has 2 fully saturated rings. The van der Waals surface area contributed by atoms with Gasteiger partial charge in [0.05, 0.1) is 12.7 Å². The highest BCUT2D eigenvalue weighted by molar-refractivity contribution is 5.46. The Kier molecular flexibility index (Phi) is 4.91. The van der Waals surface area contributed by atoms with Crippen molar-refractivity contribution in [2.24, 2.45) is 0 Å². The number of hydrogen-bond donors (Lipinski definition) is 0. The molecule has 11 heteroatoms. The molecular weight excluding hydrogens is 363 g/mol. The first kappa shape index (κ1) is 18.4. The standard InChI is InChI=1S/C16H22F3N7O/c1-23-4-6-24(7-5-23)10-12-11-25(8-9-27-12)14-3-2-13-20-21-15(16(17,18)19)26(13)22-14/h2-3,12H,4-11H2,1H3. The van der Waals surface area contributed by atoms with Crippen LogP contribution in [0.1, 0.15) is 5.82 Å². The van der Waals surface area contributed by atoms with E-state index >= 15 is 0 Å². The van der Waals surface area contributed by atoms with Gasteiger partial charge in [-0.3, -0.25) is 4.90 Å². The minimum absolute atomic E-state index is 0.00246. The number of alkyl halides is 3. The summed E-state index contributed by atoms with van der Waals surface area (Å²) in [5, 5.41) is 10.9. The normalized spacial score (nSPS) is 23.3. The fraction of sp³-hybridized carbons (Fsp3) is 0.688. The third-order valence-corrected chi connectivity index (χ3v) is 5.02. The van der Waals surface area contributed by atoms with Crippen LogP contribution in [0.15, 0.2) is 12.1 Å². The van der Waals surface area contributed by atoms with E-state index in [1.165, 1.54) is 6.07 Å². The first-order valence-electron chi connectivity index (χ1n) is 8.97. The van der Waals surface area contributed by atoms with E-state index in [1.807, 2.05) is 4.90 Å². The molecule has 27 heavy (non-hydrogen) atoms. The minimum atomic E-state index is -4.60. The van der Waals surface area contributed by atoms with Gasteiger partial charge in [0.15, 0.2) is 5.65 Å². The smallest absolute Gasteiger partial charge is 0.373 e. The fourth-order valence-corrected chi connectivity index (χ4v) is 3.48. The molecule has 2 aliphatic rings. The van der Waals surface area contributed by atoms with Gasteiger partial charge in [-0.2, -0.15) is 17.7 Å². The van der Waals surface area contributed by atoms with E-state index < -0.39 is 12.0 Å². The number of ether oxygens (including phenoxy) is 1. The van der Waals surface area contributed by atoms with Gasteiger partial charge in [0, 0.05) is 45.8 Å². The highest BCUT2D eigenvalue weighted by Crippen LogP contribution is 2.28. The van der Waals surface area contributed by atoms with Crippen molar-refractivity contribution in [1.29, 1.82) is 0 Å². The van der Waals surface area contributed by atoms with Crippen LogP contribution in [0.3, 0.4) is 0 Å². The van der Waals surface area contributed by atoms with Crippen LogP contribution in [0.5, 0.6) is 0 Å². The van der Waals surface area contributed by atoms with Gasteiger partial charge >= 0.3 is 6.18 Å². The van der Waals surface area contributed by atoms with E-state index in [9.17, 15) is 13.2 Å². The highest BCUT2D eigenvalue weighted by atomic mass is 19.4. The molecule has 2 aliphatic heterocycles. The fourth-order valence-electron chi connectivity index (χ4n) is 3.48. The molecule has 1 atom stereocenters. The second kappa shape index (κ2) is 7.21. The van der Waals surface area contributed by atoms with Gasteiger partial charge in [0.1, 0.15) is 5.82 Å². The van der Waals surface area contributed by atoms with Crippen molar-refractivity contribution >= 4 is 11.5 Å². The average Bonchev–Trinajstić information content (AvgIpc) is 3.07. The highest BCUT2D eigenvalue weighted by Gasteiger charge is 2.38. The first-order valence-corrected chi connectivity index (χ1v) is 8.97. The summed E-state index contributed by atoms with van der Waals surface area (Å²) in [4.78, 5) is 6.62. The molecule has 0 radical (unpaired) electrons. The molecule has 2 aromatic heterocycles. The molecular formula is C16H22F3N7O. The molecule has 8 nitrogen and oxygen atoms in total. The molecule has 4 heterocycles. The lowest BCUT2D eigenvalue weighted by molar-refractivity contribution is -0.146. The second-order valence-corrected chi connectivity index (χ2v) is 7.03. The predicted molar refractivity (Wildman–Crippen MR) is 91.7 cm³/mol. The third-order valence-electron chi connectivity index (χ3n) is 5.02. The maximum Gasteiger partial charge on any atom is 0.453 e. The van der Waals surface area contributed by atoms with Crippen LogP contribution < -0.4 is 4.90 Å². The number of nitrogens with zero attached hydrogens (tertiary/aromatic N) is 7. The summed E-state index contributed by atoms with van der Waals surface area (Å²) in [5.74, 6) is -0.638. The lowest BCUT2D eigenvalue weighted by Gasteiger charge is -2.38. The number of rotatable bonds is 3. The topological polar surface area (TPSA) is 62.0 Å². The Morgan fingerprint density at radius 1 is 1.11 bits per heavy atom. The van der Waals surface area contributed by atoms with Crippen molar-refractivity contribution in [2.45, 2.75) is 12.3 Å². The Bertz CT molecular complexity index is 788. The summed E-state index contributed by atoms with van der Waals surface area (Å²) in [6.45, 7) is 6.56. The van der Waals surface area contributed by atoms with Crippen LogP contribution in [-0.2, 0) is 10.9 Å². The second-order valence-electron chi connectivity index (χ2n) is 7.03. The zero-order valence-corrected chi connectivity index (χ0v) is 15.1. The molecule has 0 spiro atoms. The van der Waals surface area contributed by atoms with Crippen molar-refractivity contribution in [3.63, 3.8) is 0 Å². The summed E-state index contributed by atoms with van der Waals surface area (Å²) in [7, 11) is 2.11. The molecule has 0 aromatic carbocycles. The quantitative estimate of drug-likeness (QED) is 0.767. The number of likely N-dealkylation sites (N-methyl/N-ethyl adjacent to an activating group) is 1. The Balaban J connectivity index is 1.48. The van der Waals surface area contributed by atoms with Crippen molar-refractivity contribution < 1.29 is 17.9 Å². The van der Waals surface area contributed by atoms with E-state index in [0.717, 1.165) is 37.2 Å². The van der Waals surface area contributed by atoms with Crippen LogP contribution in [-0.4, -0.2) is 95.2 Å². The summed E-state index contributed by atoms with van der Waals surface area (Å²) in [6, 6.07) is 3.19. The monoisotopic (exact) mass is 385 g/mol. The summed E-state index contributed by atoms with van der Waals surface area (Å²) in [5.41, 5.74) is 0.0771. The van der Waals surface area contributed by atoms with Gasteiger partial charge in [-0.05, 0) is 19.2 Å². The van der Waals surface area contributed by atoms with E-state index in [0.29, 0.717) is 25.5 Å². The Hall–Kier alpha value is -1.98. The van der Waals surface area contributed by atoms with Crippen LogP contribution in [0, 0.1) is 0 Å². The van der Waals surface area contributed by atoms with Gasteiger partial charge in [0.25, 0.3) is 5.82 Å². The number of morpholine rings is 1. The van der Waals surface area contributed by atoms with Crippen molar-refractivity contribution in [2.75, 3.05) is 64.4 Å². The molecule has 2 saturated heterocycles. The third kappa shape index (κ3) is 3.99. The summed E-state index contributed by atoms with van der Waals surface area (Å²) in [6.07, 6.45) is -4.59. The molecule has 2 aromatic rings. The zero-order chi connectivity index (χ0) is 19.0. The average molecular weight is 385 g/mol. The molecule has 0 amide bonds. The molecule has 0 saturated carbocycles. The predicted octanol–water partition coefficient (Wildman–Crippen LogP) is 0.596. The Morgan fingerprint density at radius 2 is 1.89 bits per heavy atom. The molecule has 4 rings (SSSR count). The largest absolute Gasteiger partial charge is 0.453 e. The first-order chi connectivity index (χ1) is 12.9. The maximum atomic E-state index is 13.1. The van der Waals surface area contributed by atoms with Crippen LogP contribution >= 0.6 is 0 Å². The van der Waals surface area contributed by atoms with Crippen LogP contribution in [0.2, 0.25) is 0 Å². The van der Waals surface area contributed by atoms with E-state index in [4.69, 9.17) is 4.74 Å². The summed E-state index contributed by atoms with van der Waals surface area (Å²) >= 11 is 0. The minimum Gasteiger partial charge on any atom is -0.373 e. The maximum absolute atomic E-state index is 13.1. The van der Waals surface area contributed by atoms with Gasteiger partial charge in [0.2, 0.25) is 0 Å². The van der Waals surface area contributed by atoms with Crippen molar-refractivity contribution in [3.8, 4) is 0 Å². The van der Waals surface area contributed by atoms with Gasteiger partial charge in [-0.1, -0.05) is 0 Å². The van der Waals surface area contributed by atoms with E-state index in [2.05, 4.69) is 32.1 Å². The molecule has 0 bridgehead atoms. The van der Waals surface area contributed by atoms with Gasteiger partial charge in [-0.25, -0.2) is 0 Å². The number of fused-ring (bicyclic) bond motifs is 1. The molecule has 1 unspecified atom stereocenters. The van der Waals surface area contributed by atoms with Crippen LogP contribution in [0.4, 0.5) is 19.0 Å². The van der Waals surface area contributed by atoms with Crippen molar-refractivity contribution in [1.82, 2.24) is 29.6 Å². The number of aromatic nitrogens is 4. The summed E-state index contributed by atoms with van der Waals surface area (Å²) < 4.78 is 45.8. The van der Waals surface area contributed by atoms with Gasteiger partial charge in [-0.15, -0.1) is 15.3 Å². The molecule has 0 aliphatic carbocycles. The number of piperazine rings is 1. The lowest BCUT2D eigenvalue weighted by Crippen LogP contribution is -2.52. The number of hydrogen-bond acceptors (Lipinski definition) is 7. The Labute approximate surface area is 154 Å². The molecule has 148 valence electrons. The van der Waals surface area contributed by atoms with Crippen molar-refractivity contribution in [3.05, 3.63) is 18.0 Å². The van der Waals surface area contributed by atoms with Crippen LogP contribution in [0.25, 0.3) is 5.65 Å². The Morgan fingerprint density at radius 3 is 2.63 bits per heavy atom. The zero-order valence-electron chi connectivity index (χ0n) is 15.1. The van der Waals surface area contributed by atoms with Gasteiger partial charge < -0.3 is 14.5 Å². The molecule has 0 N–H and O–H groups in total. The number of halogens is 3. The van der Waals surface area contributed by atoms with E-state index in [1.54, 1.807) is 6.07 Å². The van der Waals surface area contributed by atoms with E-state index in [-0.39, 0.29) is 11.8 Å².